The van der Waals surface area contributed by atoms with E-state index in [1.165, 1.54) is 11.1 Å². The summed E-state index contributed by atoms with van der Waals surface area (Å²) >= 11 is 0. The number of carbonyl (C=O) groups is 1. The number of anilines is 1. The quantitative estimate of drug-likeness (QED) is 0.707. The van der Waals surface area contributed by atoms with E-state index in [0.29, 0.717) is 6.54 Å². The van der Waals surface area contributed by atoms with Crippen LogP contribution >= 0.6 is 0 Å². The number of aromatic nitrogens is 2. The predicted molar refractivity (Wildman–Crippen MR) is 80.8 cm³/mol. The van der Waals surface area contributed by atoms with Crippen LogP contribution in [0.4, 0.5) is 5.69 Å². The van der Waals surface area contributed by atoms with E-state index in [1.54, 1.807) is 17.1 Å². The molecule has 2 rings (SSSR count). The summed E-state index contributed by atoms with van der Waals surface area (Å²) in [6.45, 7) is 3.12. The van der Waals surface area contributed by atoms with Crippen LogP contribution in [0.3, 0.4) is 0 Å². The zero-order chi connectivity index (χ0) is 15.1. The average molecular weight is 288 g/mol. The standard InChI is InChI=1S/C15H20N4O2/c1-12-2-4-13(5-3-12)8-17-14-9-18-19(10-14)11-15(21)16-6-7-20/h2-5,9-10,17,20H,6-8,11H2,1H3,(H,16,21). The minimum atomic E-state index is -0.169. The number of aryl methyl sites for hydroxylation is 1. The van der Waals surface area contributed by atoms with Gasteiger partial charge in [-0.3, -0.25) is 9.48 Å². The fourth-order valence-electron chi connectivity index (χ4n) is 1.85. The van der Waals surface area contributed by atoms with Gasteiger partial charge >= 0.3 is 0 Å². The Kier molecular flexibility index (Phi) is 5.34. The third-order valence-electron chi connectivity index (χ3n) is 2.99. The third-order valence-corrected chi connectivity index (χ3v) is 2.99. The maximum Gasteiger partial charge on any atom is 0.241 e. The van der Waals surface area contributed by atoms with Crippen molar-refractivity contribution in [3.8, 4) is 0 Å². The molecule has 0 aliphatic heterocycles. The van der Waals surface area contributed by atoms with Gasteiger partial charge in [-0.2, -0.15) is 5.10 Å². The van der Waals surface area contributed by atoms with E-state index in [-0.39, 0.29) is 25.6 Å². The highest BCUT2D eigenvalue weighted by molar-refractivity contribution is 5.75. The normalized spacial score (nSPS) is 10.4. The molecule has 0 saturated heterocycles. The van der Waals surface area contributed by atoms with Gasteiger partial charge in [-0.25, -0.2) is 0 Å². The Labute approximate surface area is 123 Å². The van der Waals surface area contributed by atoms with Gasteiger partial charge in [0.1, 0.15) is 6.54 Å². The number of carbonyl (C=O) groups excluding carboxylic acids is 1. The highest BCUT2D eigenvalue weighted by atomic mass is 16.3. The first kappa shape index (κ1) is 15.1. The molecule has 112 valence electrons. The number of amides is 1. The SMILES string of the molecule is Cc1ccc(CNc2cnn(CC(=O)NCCO)c2)cc1. The molecule has 6 nitrogen and oxygen atoms in total. The molecule has 0 fully saturated rings. The number of hydrogen-bond acceptors (Lipinski definition) is 4. The van der Waals surface area contributed by atoms with Gasteiger partial charge in [0.05, 0.1) is 18.5 Å². The Morgan fingerprint density at radius 2 is 2.10 bits per heavy atom. The molecular weight excluding hydrogens is 268 g/mol. The summed E-state index contributed by atoms with van der Waals surface area (Å²) < 4.78 is 1.56. The first-order valence-corrected chi connectivity index (χ1v) is 6.87. The van der Waals surface area contributed by atoms with Gasteiger partial charge in [-0.05, 0) is 12.5 Å². The van der Waals surface area contributed by atoms with Gasteiger partial charge in [0.25, 0.3) is 0 Å². The fraction of sp³-hybridized carbons (Fsp3) is 0.333. The smallest absolute Gasteiger partial charge is 0.241 e. The van der Waals surface area contributed by atoms with E-state index in [1.807, 2.05) is 0 Å². The van der Waals surface area contributed by atoms with Crippen molar-refractivity contribution in [3.05, 3.63) is 47.8 Å². The number of aliphatic hydroxyl groups excluding tert-OH is 1. The van der Waals surface area contributed by atoms with E-state index in [4.69, 9.17) is 5.11 Å². The van der Waals surface area contributed by atoms with E-state index < -0.39 is 0 Å². The van der Waals surface area contributed by atoms with Crippen LogP contribution in [0.15, 0.2) is 36.7 Å². The fourth-order valence-corrected chi connectivity index (χ4v) is 1.85. The van der Waals surface area contributed by atoms with Crippen LogP contribution in [0.1, 0.15) is 11.1 Å². The van der Waals surface area contributed by atoms with Gasteiger partial charge in [0.2, 0.25) is 5.91 Å². The summed E-state index contributed by atoms with van der Waals surface area (Å²) in [5, 5.41) is 18.6. The van der Waals surface area contributed by atoms with E-state index >= 15 is 0 Å². The maximum atomic E-state index is 11.5. The Morgan fingerprint density at radius 3 is 2.81 bits per heavy atom. The molecular formula is C15H20N4O2. The Bertz CT molecular complexity index is 578. The number of rotatable bonds is 7. The van der Waals surface area contributed by atoms with Crippen molar-refractivity contribution in [2.24, 2.45) is 0 Å². The molecule has 1 aromatic heterocycles. The van der Waals surface area contributed by atoms with Crippen LogP contribution in [-0.4, -0.2) is 33.9 Å². The van der Waals surface area contributed by atoms with E-state index in [2.05, 4.69) is 46.9 Å². The summed E-state index contributed by atoms with van der Waals surface area (Å²) in [7, 11) is 0. The molecule has 3 N–H and O–H groups in total. The van der Waals surface area contributed by atoms with Crippen LogP contribution in [0.25, 0.3) is 0 Å². The lowest BCUT2D eigenvalue weighted by Gasteiger charge is -2.04. The Hall–Kier alpha value is -2.34. The zero-order valence-corrected chi connectivity index (χ0v) is 12.0. The minimum absolute atomic E-state index is 0.0613. The summed E-state index contributed by atoms with van der Waals surface area (Å²) in [6.07, 6.45) is 3.47. The monoisotopic (exact) mass is 288 g/mol. The summed E-state index contributed by atoms with van der Waals surface area (Å²) in [5.74, 6) is -0.169. The van der Waals surface area contributed by atoms with E-state index in [0.717, 1.165) is 5.69 Å². The number of hydrogen-bond donors (Lipinski definition) is 3. The van der Waals surface area contributed by atoms with Crippen molar-refractivity contribution >= 4 is 11.6 Å². The maximum absolute atomic E-state index is 11.5. The Balaban J connectivity index is 1.82. The first-order chi connectivity index (χ1) is 10.2. The van der Waals surface area contributed by atoms with Crippen LogP contribution in [-0.2, 0) is 17.9 Å². The first-order valence-electron chi connectivity index (χ1n) is 6.87. The number of aliphatic hydroxyl groups is 1. The molecule has 0 saturated carbocycles. The molecule has 1 aromatic carbocycles. The van der Waals surface area contributed by atoms with Gasteiger partial charge < -0.3 is 15.7 Å². The zero-order valence-electron chi connectivity index (χ0n) is 12.0. The third kappa shape index (κ3) is 4.92. The van der Waals surface area contributed by atoms with Crippen LogP contribution < -0.4 is 10.6 Å². The van der Waals surface area contributed by atoms with Crippen molar-refractivity contribution in [2.75, 3.05) is 18.5 Å². The molecule has 0 aliphatic rings. The molecule has 0 unspecified atom stereocenters. The largest absolute Gasteiger partial charge is 0.395 e. The van der Waals surface area contributed by atoms with Gasteiger partial charge in [-0.15, -0.1) is 0 Å². The lowest BCUT2D eigenvalue weighted by molar-refractivity contribution is -0.122. The minimum Gasteiger partial charge on any atom is -0.395 e. The molecule has 0 atom stereocenters. The second-order valence-electron chi connectivity index (χ2n) is 4.84. The highest BCUT2D eigenvalue weighted by Gasteiger charge is 2.04. The van der Waals surface area contributed by atoms with Crippen molar-refractivity contribution in [1.29, 1.82) is 0 Å². The molecule has 0 bridgehead atoms. The van der Waals surface area contributed by atoms with E-state index in [9.17, 15) is 4.79 Å². The molecule has 2 aromatic rings. The molecule has 1 amide bonds. The molecule has 1 heterocycles. The molecule has 0 radical (unpaired) electrons. The number of benzene rings is 1. The van der Waals surface area contributed by atoms with Crippen molar-refractivity contribution < 1.29 is 9.90 Å². The summed E-state index contributed by atoms with van der Waals surface area (Å²) in [5.41, 5.74) is 3.29. The van der Waals surface area contributed by atoms with Crippen LogP contribution in [0.2, 0.25) is 0 Å². The highest BCUT2D eigenvalue weighted by Crippen LogP contribution is 2.09. The van der Waals surface area contributed by atoms with Gasteiger partial charge in [0, 0.05) is 19.3 Å². The lowest BCUT2D eigenvalue weighted by Crippen LogP contribution is -2.30. The molecule has 21 heavy (non-hydrogen) atoms. The predicted octanol–water partition coefficient (Wildman–Crippen LogP) is 0.912. The average Bonchev–Trinajstić information content (AvgIpc) is 2.92. The lowest BCUT2D eigenvalue weighted by atomic mass is 10.1. The number of nitrogens with one attached hydrogen (secondary N) is 2. The van der Waals surface area contributed by atoms with Gasteiger partial charge in [-0.1, -0.05) is 29.8 Å². The van der Waals surface area contributed by atoms with Crippen molar-refractivity contribution in [3.63, 3.8) is 0 Å². The molecule has 0 aliphatic carbocycles. The second-order valence-corrected chi connectivity index (χ2v) is 4.84. The second kappa shape index (κ2) is 7.44. The van der Waals surface area contributed by atoms with Gasteiger partial charge in [0.15, 0.2) is 0 Å². The topological polar surface area (TPSA) is 79.2 Å². The summed E-state index contributed by atoms with van der Waals surface area (Å²) in [6, 6.07) is 8.31. The van der Waals surface area contributed by atoms with Crippen LogP contribution in [0, 0.1) is 6.92 Å². The van der Waals surface area contributed by atoms with Crippen molar-refractivity contribution in [1.82, 2.24) is 15.1 Å². The van der Waals surface area contributed by atoms with Crippen molar-refractivity contribution in [2.45, 2.75) is 20.0 Å². The Morgan fingerprint density at radius 1 is 1.33 bits per heavy atom. The summed E-state index contributed by atoms with van der Waals surface area (Å²) in [4.78, 5) is 11.5. The molecule has 0 spiro atoms. The number of nitrogens with zero attached hydrogens (tertiary/aromatic N) is 2. The van der Waals surface area contributed by atoms with Crippen LogP contribution in [0.5, 0.6) is 0 Å². The molecule has 6 heteroatoms.